The average Bonchev–Trinajstić information content (AvgIpc) is 3.01. The third kappa shape index (κ3) is 42.4. The van der Waals surface area contributed by atoms with Crippen LogP contribution in [0.1, 0.15) is 16.7 Å². The first kappa shape index (κ1) is 47.4. The van der Waals surface area contributed by atoms with Gasteiger partial charge in [0.25, 0.3) is 0 Å². The summed E-state index contributed by atoms with van der Waals surface area (Å²) in [5.74, 6) is -0.786. The maximum atomic E-state index is 10.2. The number of benzene rings is 3. The summed E-state index contributed by atoms with van der Waals surface area (Å²) in [5, 5.41) is 8.37. The van der Waals surface area contributed by atoms with Crippen molar-refractivity contribution < 1.29 is 50.5 Å². The fraction of sp³-hybridized carbons (Fsp3) is 0.222. The number of carboxylic acid groups (broad SMARTS) is 1. The fourth-order valence-corrected chi connectivity index (χ4v) is 2.09. The molecule has 0 amide bonds. The van der Waals surface area contributed by atoms with E-state index in [9.17, 15) is 18.0 Å². The number of halogens is 9. The third-order valence-electron chi connectivity index (χ3n) is 3.36. The number of carbonyl (C=O) groups is 1. The normalized spacial score (nSPS) is 7.08. The predicted octanol–water partition coefficient (Wildman–Crippen LogP) is 10.0. The molecule has 11 heteroatoms. The molecule has 0 bridgehead atoms. The van der Waals surface area contributed by atoms with E-state index in [4.69, 9.17) is 32.6 Å². The summed E-state index contributed by atoms with van der Waals surface area (Å²) in [5.41, 5.74) is 3.49. The number of aliphatic carboxylic acids is 1. The van der Waals surface area contributed by atoms with E-state index >= 15 is 0 Å². The van der Waals surface area contributed by atoms with Crippen molar-refractivity contribution in [2.45, 2.75) is 19.8 Å². The Kier molecular flexibility index (Phi) is 62.6. The van der Waals surface area contributed by atoms with Crippen LogP contribution in [-0.2, 0) is 17.6 Å². The molecule has 0 spiro atoms. The first-order chi connectivity index (χ1) is 18.6. The Morgan fingerprint density at radius 2 is 0.921 bits per heavy atom. The minimum Gasteiger partial charge on any atom is -0.481 e. The van der Waals surface area contributed by atoms with Crippen LogP contribution in [-0.4, -0.2) is 32.6 Å². The molecule has 0 aliphatic heterocycles. The fourth-order valence-electron chi connectivity index (χ4n) is 2.09. The molecule has 0 aliphatic carbocycles. The summed E-state index contributed by atoms with van der Waals surface area (Å²) >= 11 is 0. The van der Waals surface area contributed by atoms with Crippen LogP contribution in [0.3, 0.4) is 0 Å². The Labute approximate surface area is 218 Å². The molecular weight excluding hydrogens is 527 g/mol. The summed E-state index contributed by atoms with van der Waals surface area (Å²) in [6.07, 6.45) is 3.00. The molecule has 0 saturated heterocycles. The lowest BCUT2D eigenvalue weighted by Crippen LogP contribution is -1.98. The van der Waals surface area contributed by atoms with Crippen molar-refractivity contribution in [3.8, 4) is 0 Å². The Morgan fingerprint density at radius 1 is 0.632 bits per heavy atom. The highest BCUT2D eigenvalue weighted by Gasteiger charge is 1.96. The number of hydrogen-bond donors (Lipinski definition) is 1. The van der Waals surface area contributed by atoms with Crippen LogP contribution in [0.4, 0.5) is 40.6 Å². The van der Waals surface area contributed by atoms with Gasteiger partial charge in [-0.3, -0.25) is 18.0 Å². The van der Waals surface area contributed by atoms with E-state index in [0.717, 1.165) is 12.0 Å². The van der Waals surface area contributed by atoms with Crippen molar-refractivity contribution >= 4 is 5.97 Å². The minimum absolute atomic E-state index is 0.112. The van der Waals surface area contributed by atoms with Crippen molar-refractivity contribution in [2.24, 2.45) is 0 Å². The van der Waals surface area contributed by atoms with Crippen LogP contribution in [0.5, 0.6) is 0 Å². The standard InChI is InChI=1S/C9H10.C8H8O2.C7H8.3CH3F.3F2/c1-2-6-9-7-4-3-5-8-9;9-8(10)6-7-4-2-1-3-5-7;1-7-5-3-2-4-6-7;6*1-2/h2-5,7-8H,1,6H2;1-5H,6H2,(H,9,10);2-6H,1H3;3*1H3;;;. The number of alkyl halides is 3. The van der Waals surface area contributed by atoms with Gasteiger partial charge in [-0.25, -0.2) is 0 Å². The molecule has 0 unspecified atom stereocenters. The van der Waals surface area contributed by atoms with E-state index in [1.165, 1.54) is 11.1 Å². The molecule has 2 nitrogen and oxygen atoms in total. The number of rotatable bonds is 4. The second-order valence-corrected chi connectivity index (χ2v) is 5.69. The Bertz CT molecular complexity index is 765. The largest absolute Gasteiger partial charge is 0.481 e. The van der Waals surface area contributed by atoms with E-state index in [1.54, 1.807) is 12.1 Å². The summed E-state index contributed by atoms with van der Waals surface area (Å²) < 4.78 is 76.5. The van der Waals surface area contributed by atoms with Crippen LogP contribution in [0.2, 0.25) is 0 Å². The third-order valence-corrected chi connectivity index (χ3v) is 3.36. The van der Waals surface area contributed by atoms with Gasteiger partial charge in [-0.1, -0.05) is 103 Å². The first-order valence-corrected chi connectivity index (χ1v) is 10.1. The Hall–Kier alpha value is -3.76. The molecule has 38 heavy (non-hydrogen) atoms. The number of allylic oxidation sites excluding steroid dienone is 1. The zero-order valence-electron chi connectivity index (χ0n) is 21.6. The van der Waals surface area contributed by atoms with Gasteiger partial charge in [0, 0.05) is 27.4 Å². The molecule has 0 heterocycles. The van der Waals surface area contributed by atoms with Gasteiger partial charge < -0.3 is 5.11 Å². The van der Waals surface area contributed by atoms with E-state index in [2.05, 4.69) is 37.8 Å². The van der Waals surface area contributed by atoms with E-state index < -0.39 is 5.97 Å². The second kappa shape index (κ2) is 50.2. The van der Waals surface area contributed by atoms with Gasteiger partial charge in [0.15, 0.2) is 0 Å². The lowest BCUT2D eigenvalue weighted by atomic mass is 10.2. The summed E-state index contributed by atoms with van der Waals surface area (Å²) in [6.45, 7) is 5.74. The van der Waals surface area contributed by atoms with Crippen molar-refractivity contribution in [1.82, 2.24) is 0 Å². The molecule has 1 N–H and O–H groups in total. The number of aryl methyl sites for hydroxylation is 1. The van der Waals surface area contributed by atoms with E-state index in [-0.39, 0.29) is 6.42 Å². The van der Waals surface area contributed by atoms with E-state index in [0.29, 0.717) is 21.5 Å². The molecule has 3 aromatic carbocycles. The van der Waals surface area contributed by atoms with Crippen LogP contribution >= 0.6 is 0 Å². The first-order valence-electron chi connectivity index (χ1n) is 10.1. The second-order valence-electron chi connectivity index (χ2n) is 5.69. The molecule has 3 rings (SSSR count). The van der Waals surface area contributed by atoms with Crippen LogP contribution in [0.25, 0.3) is 0 Å². The summed E-state index contributed by atoms with van der Waals surface area (Å²) in [6, 6.07) is 29.7. The van der Waals surface area contributed by atoms with Crippen LogP contribution < -0.4 is 0 Å². The minimum atomic E-state index is -0.786. The maximum Gasteiger partial charge on any atom is 0.307 e. The zero-order valence-corrected chi connectivity index (χ0v) is 21.6. The number of hydrogen-bond acceptors (Lipinski definition) is 1. The predicted molar refractivity (Wildman–Crippen MR) is 137 cm³/mol. The summed E-state index contributed by atoms with van der Waals surface area (Å²) in [7, 11) is 1.50. The van der Waals surface area contributed by atoms with Gasteiger partial charge >= 0.3 is 5.97 Å². The van der Waals surface area contributed by atoms with Gasteiger partial charge in [-0.15, -0.1) is 6.58 Å². The Morgan fingerprint density at radius 3 is 1.16 bits per heavy atom. The van der Waals surface area contributed by atoms with Gasteiger partial charge in [0.05, 0.1) is 28.0 Å². The van der Waals surface area contributed by atoms with Crippen molar-refractivity contribution in [3.05, 3.63) is 120 Å². The monoisotopic (exact) mass is 562 g/mol. The lowest BCUT2D eigenvalue weighted by molar-refractivity contribution is -0.136. The average molecular weight is 563 g/mol. The zero-order chi connectivity index (χ0) is 31.0. The highest BCUT2D eigenvalue weighted by atomic mass is 20.0. The molecule has 3 aromatic rings. The SMILES string of the molecule is C=CCc1ccccc1.CF.CF.CF.Cc1ccccc1.FF.FF.FF.O=C(O)Cc1ccccc1. The molecular formula is C27H35F9O2. The smallest absolute Gasteiger partial charge is 0.307 e. The molecule has 0 aliphatic rings. The molecule has 0 aromatic heterocycles. The highest BCUT2D eigenvalue weighted by Crippen LogP contribution is 1.99. The quantitative estimate of drug-likeness (QED) is 0.254. The lowest BCUT2D eigenvalue weighted by Gasteiger charge is -1.92. The molecule has 0 radical (unpaired) electrons. The van der Waals surface area contributed by atoms with Crippen molar-refractivity contribution in [2.75, 3.05) is 21.5 Å². The van der Waals surface area contributed by atoms with Gasteiger partial charge in [0.2, 0.25) is 0 Å². The molecule has 0 atom stereocenters. The van der Waals surface area contributed by atoms with Gasteiger partial charge in [-0.2, -0.15) is 0 Å². The van der Waals surface area contributed by atoms with Crippen molar-refractivity contribution in [1.29, 1.82) is 0 Å². The van der Waals surface area contributed by atoms with Crippen LogP contribution in [0.15, 0.2) is 104 Å². The van der Waals surface area contributed by atoms with Gasteiger partial charge in [0.1, 0.15) is 0 Å². The molecule has 0 saturated carbocycles. The molecule has 218 valence electrons. The van der Waals surface area contributed by atoms with Crippen LogP contribution in [0, 0.1) is 6.92 Å². The molecule has 0 fully saturated rings. The maximum absolute atomic E-state index is 10.2. The highest BCUT2D eigenvalue weighted by molar-refractivity contribution is 5.70. The van der Waals surface area contributed by atoms with Crippen molar-refractivity contribution in [3.63, 3.8) is 0 Å². The summed E-state index contributed by atoms with van der Waals surface area (Å²) in [4.78, 5) is 10.2. The number of carboxylic acids is 1. The topological polar surface area (TPSA) is 37.3 Å². The van der Waals surface area contributed by atoms with Gasteiger partial charge in [-0.05, 0) is 24.5 Å². The van der Waals surface area contributed by atoms with E-state index in [1.807, 2.05) is 60.7 Å². The Balaban J connectivity index is -0.0000000848.